The second kappa shape index (κ2) is 13.7. The van der Waals surface area contributed by atoms with Gasteiger partial charge in [0.2, 0.25) is 6.33 Å². The van der Waals surface area contributed by atoms with Gasteiger partial charge in [0.25, 0.3) is 0 Å². The Morgan fingerprint density at radius 1 is 0.576 bits per heavy atom. The van der Waals surface area contributed by atoms with E-state index >= 15 is 0 Å². The molecule has 0 saturated carbocycles. The molecule has 2 heterocycles. The molecule has 11 rings (SSSR count). The number of anilines is 3. The maximum absolute atomic E-state index is 2.44. The molecule has 0 fully saturated rings. The van der Waals surface area contributed by atoms with E-state index in [4.69, 9.17) is 0 Å². The van der Waals surface area contributed by atoms with Crippen LogP contribution in [0.4, 0.5) is 17.1 Å². The smallest absolute Gasteiger partial charge is 0.248 e. The molecular formula is C55H45N4+. The Kier molecular flexibility index (Phi) is 8.16. The molecule has 0 N–H and O–H groups in total. The molecule has 4 nitrogen and oxygen atoms in total. The Morgan fingerprint density at radius 2 is 1.19 bits per heavy atom. The van der Waals surface area contributed by atoms with Gasteiger partial charge < -0.3 is 9.47 Å². The molecule has 0 amide bonds. The van der Waals surface area contributed by atoms with Crippen LogP contribution in [0, 0.1) is 0 Å². The molecule has 0 unspecified atom stereocenters. The molecule has 0 spiro atoms. The maximum Gasteiger partial charge on any atom is 0.248 e. The molecular weight excluding hydrogens is 717 g/mol. The fourth-order valence-electron chi connectivity index (χ4n) is 9.62. The van der Waals surface area contributed by atoms with Gasteiger partial charge in [0, 0.05) is 38.9 Å². The quantitative estimate of drug-likeness (QED) is 0.148. The van der Waals surface area contributed by atoms with Crippen molar-refractivity contribution in [3.8, 4) is 33.6 Å². The highest BCUT2D eigenvalue weighted by molar-refractivity contribution is 6.11. The molecule has 9 aromatic rings. The standard InChI is InChI=1S/C55H45N4/c1-55(2)51-17-11-10-16-47(51)48-29-27-46(36-52(48)55)58(43-23-18-39(19-24-43)38-12-6-4-7-13-38)44-25-20-40(21-26-44)41-22-30-53-49(34-41)50-35-45(57-33-32-56(3)37-57)28-31-54(50)59(53)42-14-8-5-9-15-42/h4-9,11-15,17-37H,10,16H2,1-3H3/q+1. The fraction of sp³-hybridized carbons (Fsp3) is 0.109. The molecule has 2 aromatic heterocycles. The Hall–Kier alpha value is -7.17. The predicted octanol–water partition coefficient (Wildman–Crippen LogP) is 13.6. The van der Waals surface area contributed by atoms with Crippen LogP contribution < -0.4 is 9.47 Å². The second-order valence-corrected chi connectivity index (χ2v) is 16.6. The number of imidazole rings is 1. The van der Waals surface area contributed by atoms with Gasteiger partial charge in [-0.15, -0.1) is 0 Å². The average Bonchev–Trinajstić information content (AvgIpc) is 3.94. The Morgan fingerprint density at radius 3 is 1.88 bits per heavy atom. The molecule has 4 heteroatoms. The summed E-state index contributed by atoms with van der Waals surface area (Å²) >= 11 is 0. The summed E-state index contributed by atoms with van der Waals surface area (Å²) in [6.45, 7) is 4.77. The number of fused-ring (bicyclic) bond motifs is 5. The van der Waals surface area contributed by atoms with Crippen LogP contribution in [-0.2, 0) is 12.5 Å². The van der Waals surface area contributed by atoms with Crippen LogP contribution in [0.25, 0.3) is 61.0 Å². The van der Waals surface area contributed by atoms with Gasteiger partial charge in [-0.25, -0.2) is 9.13 Å². The van der Waals surface area contributed by atoms with Gasteiger partial charge in [-0.2, -0.15) is 0 Å². The molecule has 284 valence electrons. The van der Waals surface area contributed by atoms with Crippen molar-refractivity contribution in [3.05, 3.63) is 211 Å². The van der Waals surface area contributed by atoms with Crippen LogP contribution in [0.5, 0.6) is 0 Å². The largest absolute Gasteiger partial charge is 0.310 e. The van der Waals surface area contributed by atoms with Crippen molar-refractivity contribution in [2.45, 2.75) is 32.1 Å². The first-order valence-corrected chi connectivity index (χ1v) is 20.7. The van der Waals surface area contributed by atoms with E-state index in [9.17, 15) is 0 Å². The summed E-state index contributed by atoms with van der Waals surface area (Å²) in [4.78, 5) is 2.42. The number of rotatable bonds is 7. The molecule has 59 heavy (non-hydrogen) atoms. The van der Waals surface area contributed by atoms with Gasteiger partial charge in [0.1, 0.15) is 18.1 Å². The molecule has 2 aliphatic carbocycles. The lowest BCUT2D eigenvalue weighted by Gasteiger charge is -2.29. The minimum absolute atomic E-state index is 0.0485. The molecule has 0 bridgehead atoms. The third-order valence-electron chi connectivity index (χ3n) is 12.6. The Balaban J connectivity index is 1.01. The minimum Gasteiger partial charge on any atom is -0.310 e. The zero-order valence-corrected chi connectivity index (χ0v) is 33.7. The molecule has 0 atom stereocenters. The second-order valence-electron chi connectivity index (χ2n) is 16.6. The topological polar surface area (TPSA) is 17.0 Å². The molecule has 0 aliphatic heterocycles. The van der Waals surface area contributed by atoms with E-state index in [0.717, 1.165) is 35.6 Å². The number of hydrogen-bond acceptors (Lipinski definition) is 1. The first kappa shape index (κ1) is 35.0. The number of nitrogens with zero attached hydrogens (tertiary/aromatic N) is 4. The van der Waals surface area contributed by atoms with Crippen molar-refractivity contribution in [1.82, 2.24) is 9.13 Å². The lowest BCUT2D eigenvalue weighted by atomic mass is 9.80. The zero-order chi connectivity index (χ0) is 39.7. The van der Waals surface area contributed by atoms with Gasteiger partial charge in [-0.05, 0) is 136 Å². The van der Waals surface area contributed by atoms with Crippen molar-refractivity contribution in [2.24, 2.45) is 7.05 Å². The van der Waals surface area contributed by atoms with Crippen LogP contribution in [0.2, 0.25) is 0 Å². The Labute approximate surface area is 345 Å². The van der Waals surface area contributed by atoms with Crippen molar-refractivity contribution >= 4 is 44.4 Å². The lowest BCUT2D eigenvalue weighted by molar-refractivity contribution is -0.670. The number of aromatic nitrogens is 3. The van der Waals surface area contributed by atoms with E-state index in [1.54, 1.807) is 0 Å². The lowest BCUT2D eigenvalue weighted by Crippen LogP contribution is -2.23. The minimum atomic E-state index is -0.0485. The summed E-state index contributed by atoms with van der Waals surface area (Å²) in [6, 6.07) is 60.3. The van der Waals surface area contributed by atoms with E-state index in [1.165, 1.54) is 72.0 Å². The number of benzene rings is 7. The first-order chi connectivity index (χ1) is 28.9. The van der Waals surface area contributed by atoms with E-state index in [-0.39, 0.29) is 5.41 Å². The Bertz CT molecular complexity index is 3110. The molecule has 0 radical (unpaired) electrons. The van der Waals surface area contributed by atoms with Crippen LogP contribution in [0.3, 0.4) is 0 Å². The van der Waals surface area contributed by atoms with E-state index in [2.05, 4.69) is 234 Å². The van der Waals surface area contributed by atoms with Gasteiger partial charge in [-0.1, -0.05) is 111 Å². The number of allylic oxidation sites excluding steroid dienone is 4. The third-order valence-corrected chi connectivity index (χ3v) is 12.6. The molecule has 2 aliphatic rings. The monoisotopic (exact) mass is 761 g/mol. The van der Waals surface area contributed by atoms with E-state index < -0.39 is 0 Å². The molecule has 7 aromatic carbocycles. The van der Waals surface area contributed by atoms with Gasteiger partial charge in [-0.3, -0.25) is 0 Å². The number of para-hydroxylation sites is 1. The highest BCUT2D eigenvalue weighted by Crippen LogP contribution is 2.51. The zero-order valence-electron chi connectivity index (χ0n) is 33.7. The fourth-order valence-corrected chi connectivity index (χ4v) is 9.62. The van der Waals surface area contributed by atoms with Crippen molar-refractivity contribution in [3.63, 3.8) is 0 Å². The van der Waals surface area contributed by atoms with Gasteiger partial charge in [0.05, 0.1) is 18.1 Å². The summed E-state index contributed by atoms with van der Waals surface area (Å²) in [5.41, 5.74) is 18.7. The highest BCUT2D eigenvalue weighted by Gasteiger charge is 2.37. The predicted molar refractivity (Wildman–Crippen MR) is 245 cm³/mol. The summed E-state index contributed by atoms with van der Waals surface area (Å²) in [7, 11) is 2.06. The maximum atomic E-state index is 2.44. The van der Waals surface area contributed by atoms with Crippen molar-refractivity contribution < 1.29 is 4.57 Å². The summed E-state index contributed by atoms with van der Waals surface area (Å²) in [6.07, 6.45) is 13.2. The van der Waals surface area contributed by atoms with Crippen molar-refractivity contribution in [2.75, 3.05) is 4.90 Å². The van der Waals surface area contributed by atoms with Gasteiger partial charge in [0.15, 0.2) is 0 Å². The number of hydrogen-bond donors (Lipinski definition) is 0. The highest BCUT2D eigenvalue weighted by atomic mass is 15.1. The summed E-state index contributed by atoms with van der Waals surface area (Å²) < 4.78 is 6.64. The molecule has 0 saturated heterocycles. The van der Waals surface area contributed by atoms with Crippen LogP contribution in [-0.4, -0.2) is 9.13 Å². The van der Waals surface area contributed by atoms with E-state index in [1.807, 2.05) is 0 Å². The SMILES string of the molecule is C[n+]1ccn(-c2ccc3c(c2)c2cc(-c4ccc(N(c5ccc(-c6ccccc6)cc5)c5ccc6c(c5)C(C)(C)C5=C6CCC=C5)cc4)ccc2n3-c2ccccc2)c1. The van der Waals surface area contributed by atoms with Crippen LogP contribution >= 0.6 is 0 Å². The van der Waals surface area contributed by atoms with Crippen molar-refractivity contribution in [1.29, 1.82) is 0 Å². The average molecular weight is 762 g/mol. The summed E-state index contributed by atoms with van der Waals surface area (Å²) in [5.74, 6) is 0. The third kappa shape index (κ3) is 5.86. The first-order valence-electron chi connectivity index (χ1n) is 20.7. The van der Waals surface area contributed by atoms with Gasteiger partial charge >= 0.3 is 0 Å². The van der Waals surface area contributed by atoms with Crippen LogP contribution in [0.15, 0.2) is 200 Å². The van der Waals surface area contributed by atoms with E-state index in [0.29, 0.717) is 0 Å². The summed E-state index contributed by atoms with van der Waals surface area (Å²) in [5, 5.41) is 2.46. The normalized spacial score (nSPS) is 14.2. The van der Waals surface area contributed by atoms with Crippen LogP contribution in [0.1, 0.15) is 37.8 Å². The number of aryl methyl sites for hydroxylation is 1.